The van der Waals surface area contributed by atoms with Crippen molar-refractivity contribution in [2.24, 2.45) is 0 Å². The molecule has 0 saturated carbocycles. The Morgan fingerprint density at radius 1 is 0.906 bits per heavy atom. The summed E-state index contributed by atoms with van der Waals surface area (Å²) in [6, 6.07) is 6.92. The molecule has 0 unspecified atom stereocenters. The molecule has 0 radical (unpaired) electrons. The highest BCUT2D eigenvalue weighted by atomic mass is 19.4. The summed E-state index contributed by atoms with van der Waals surface area (Å²) in [5.74, 6) is 0.890. The first-order valence-corrected chi connectivity index (χ1v) is 10.7. The standard InChI is InChI=1S/C22H27F3N6O/c1-16-15-19(29-9-7-28(2)8-10-29)27-21(26-16)31-13-11-30(12-14-31)20(32)17-5-3-4-6-18(17)22(23,24)25/h3-6,15H,7-14H2,1-2H3. The molecule has 1 amide bonds. The second-order valence-electron chi connectivity index (χ2n) is 8.28. The highest BCUT2D eigenvalue weighted by molar-refractivity contribution is 5.96. The minimum Gasteiger partial charge on any atom is -0.354 e. The molecule has 172 valence electrons. The van der Waals surface area contributed by atoms with Gasteiger partial charge in [-0.15, -0.1) is 0 Å². The lowest BCUT2D eigenvalue weighted by atomic mass is 10.1. The number of piperazine rings is 2. The summed E-state index contributed by atoms with van der Waals surface area (Å²) >= 11 is 0. The third-order valence-electron chi connectivity index (χ3n) is 5.97. The largest absolute Gasteiger partial charge is 0.417 e. The van der Waals surface area contributed by atoms with Crippen molar-refractivity contribution in [1.82, 2.24) is 19.8 Å². The summed E-state index contributed by atoms with van der Waals surface area (Å²) in [7, 11) is 2.10. The van der Waals surface area contributed by atoms with Crippen molar-refractivity contribution >= 4 is 17.7 Å². The molecule has 4 rings (SSSR count). The highest BCUT2D eigenvalue weighted by Gasteiger charge is 2.36. The molecule has 7 nitrogen and oxygen atoms in total. The molecule has 1 aromatic carbocycles. The number of rotatable bonds is 3. The fraction of sp³-hybridized carbons (Fsp3) is 0.500. The molecule has 3 heterocycles. The van der Waals surface area contributed by atoms with Gasteiger partial charge in [0, 0.05) is 64.1 Å². The fourth-order valence-electron chi connectivity index (χ4n) is 4.07. The lowest BCUT2D eigenvalue weighted by Crippen LogP contribution is -2.49. The summed E-state index contributed by atoms with van der Waals surface area (Å²) < 4.78 is 39.9. The number of amides is 1. The quantitative estimate of drug-likeness (QED) is 0.720. The molecule has 0 bridgehead atoms. The van der Waals surface area contributed by atoms with Crippen LogP contribution in [0.1, 0.15) is 21.6 Å². The van der Waals surface area contributed by atoms with E-state index in [1.54, 1.807) is 0 Å². The van der Waals surface area contributed by atoms with Crippen LogP contribution in [0.25, 0.3) is 0 Å². The van der Waals surface area contributed by atoms with Crippen LogP contribution < -0.4 is 9.80 Å². The van der Waals surface area contributed by atoms with Gasteiger partial charge in [0.1, 0.15) is 5.82 Å². The van der Waals surface area contributed by atoms with E-state index in [0.717, 1.165) is 43.8 Å². The molecule has 0 aliphatic carbocycles. The Bertz CT molecular complexity index is 966. The van der Waals surface area contributed by atoms with Crippen molar-refractivity contribution in [3.05, 3.63) is 47.2 Å². The average molecular weight is 448 g/mol. The number of anilines is 2. The van der Waals surface area contributed by atoms with Crippen LogP contribution in [-0.4, -0.2) is 85.1 Å². The molecule has 2 aliphatic heterocycles. The Morgan fingerprint density at radius 2 is 1.53 bits per heavy atom. The number of likely N-dealkylation sites (N-methyl/N-ethyl adjacent to an activating group) is 1. The van der Waals surface area contributed by atoms with Gasteiger partial charge in [-0.1, -0.05) is 12.1 Å². The van der Waals surface area contributed by atoms with Gasteiger partial charge in [-0.2, -0.15) is 18.2 Å². The van der Waals surface area contributed by atoms with Crippen molar-refractivity contribution in [1.29, 1.82) is 0 Å². The first kappa shape index (κ1) is 22.3. The number of alkyl halides is 3. The second-order valence-corrected chi connectivity index (χ2v) is 8.28. The first-order valence-electron chi connectivity index (χ1n) is 10.7. The van der Waals surface area contributed by atoms with Crippen LogP contribution >= 0.6 is 0 Å². The van der Waals surface area contributed by atoms with Crippen LogP contribution in [0.5, 0.6) is 0 Å². The maximum absolute atomic E-state index is 13.3. The average Bonchev–Trinajstić information content (AvgIpc) is 2.78. The smallest absolute Gasteiger partial charge is 0.354 e. The van der Waals surface area contributed by atoms with Crippen molar-refractivity contribution in [3.63, 3.8) is 0 Å². The Hall–Kier alpha value is -2.88. The minimum absolute atomic E-state index is 0.308. The second kappa shape index (κ2) is 8.93. The first-order chi connectivity index (χ1) is 15.2. The van der Waals surface area contributed by atoms with Gasteiger partial charge >= 0.3 is 6.18 Å². The lowest BCUT2D eigenvalue weighted by molar-refractivity contribution is -0.138. The number of aromatic nitrogens is 2. The zero-order chi connectivity index (χ0) is 22.9. The third-order valence-corrected chi connectivity index (χ3v) is 5.97. The lowest BCUT2D eigenvalue weighted by Gasteiger charge is -2.36. The van der Waals surface area contributed by atoms with E-state index in [1.807, 2.05) is 17.9 Å². The Kier molecular flexibility index (Phi) is 6.23. The summed E-state index contributed by atoms with van der Waals surface area (Å²) in [6.07, 6.45) is -4.57. The highest BCUT2D eigenvalue weighted by Crippen LogP contribution is 2.32. The predicted octanol–water partition coefficient (Wildman–Crippen LogP) is 2.52. The van der Waals surface area contributed by atoms with E-state index >= 15 is 0 Å². The molecule has 2 aromatic rings. The monoisotopic (exact) mass is 448 g/mol. The zero-order valence-corrected chi connectivity index (χ0v) is 18.3. The van der Waals surface area contributed by atoms with Crippen molar-refractivity contribution in [2.45, 2.75) is 13.1 Å². The van der Waals surface area contributed by atoms with E-state index in [2.05, 4.69) is 21.8 Å². The van der Waals surface area contributed by atoms with Crippen LogP contribution in [0, 0.1) is 6.92 Å². The summed E-state index contributed by atoms with van der Waals surface area (Å²) in [5, 5.41) is 0. The number of hydrogen-bond acceptors (Lipinski definition) is 6. The molecule has 10 heteroatoms. The van der Waals surface area contributed by atoms with Gasteiger partial charge in [-0.25, -0.2) is 4.98 Å². The molecule has 2 aliphatic rings. The van der Waals surface area contributed by atoms with Crippen LogP contribution in [0.2, 0.25) is 0 Å². The van der Waals surface area contributed by atoms with Gasteiger partial charge in [0.15, 0.2) is 0 Å². The van der Waals surface area contributed by atoms with Gasteiger partial charge in [-0.05, 0) is 26.1 Å². The molecule has 2 fully saturated rings. The Labute approximate surface area is 185 Å². The predicted molar refractivity (Wildman–Crippen MR) is 116 cm³/mol. The molecule has 0 spiro atoms. The number of hydrogen-bond donors (Lipinski definition) is 0. The SMILES string of the molecule is Cc1cc(N2CCN(C)CC2)nc(N2CCN(C(=O)c3ccccc3C(F)(F)F)CC2)n1. The Balaban J connectivity index is 1.45. The molecule has 1 aromatic heterocycles. The van der Waals surface area contributed by atoms with E-state index in [1.165, 1.54) is 23.1 Å². The van der Waals surface area contributed by atoms with Crippen LogP contribution in [0.3, 0.4) is 0 Å². The number of benzene rings is 1. The number of halogens is 3. The topological polar surface area (TPSA) is 55.8 Å². The maximum Gasteiger partial charge on any atom is 0.417 e. The maximum atomic E-state index is 13.3. The molecule has 2 saturated heterocycles. The van der Waals surface area contributed by atoms with E-state index in [9.17, 15) is 18.0 Å². The van der Waals surface area contributed by atoms with Gasteiger partial charge in [-0.3, -0.25) is 4.79 Å². The van der Waals surface area contributed by atoms with Crippen LogP contribution in [-0.2, 0) is 6.18 Å². The van der Waals surface area contributed by atoms with Gasteiger partial charge in [0.05, 0.1) is 11.1 Å². The third kappa shape index (κ3) is 4.79. The molecule has 0 atom stereocenters. The summed E-state index contributed by atoms with van der Waals surface area (Å²) in [6.45, 7) is 7.21. The fourth-order valence-corrected chi connectivity index (χ4v) is 4.07. The van der Waals surface area contributed by atoms with E-state index in [4.69, 9.17) is 4.98 Å². The van der Waals surface area contributed by atoms with Crippen molar-refractivity contribution < 1.29 is 18.0 Å². The zero-order valence-electron chi connectivity index (χ0n) is 18.3. The van der Waals surface area contributed by atoms with Crippen molar-refractivity contribution in [3.8, 4) is 0 Å². The number of carbonyl (C=O) groups excluding carboxylic acids is 1. The van der Waals surface area contributed by atoms with E-state index in [-0.39, 0.29) is 5.56 Å². The van der Waals surface area contributed by atoms with Crippen LogP contribution in [0.4, 0.5) is 24.9 Å². The summed E-state index contributed by atoms with van der Waals surface area (Å²) in [5.41, 5.74) is -0.342. The van der Waals surface area contributed by atoms with Gasteiger partial charge in [0.25, 0.3) is 5.91 Å². The van der Waals surface area contributed by atoms with Gasteiger partial charge in [0.2, 0.25) is 5.95 Å². The molecular formula is C22H27F3N6O. The van der Waals surface area contributed by atoms with Crippen LogP contribution in [0.15, 0.2) is 30.3 Å². The Morgan fingerprint density at radius 3 is 2.19 bits per heavy atom. The summed E-state index contributed by atoms with van der Waals surface area (Å²) in [4.78, 5) is 30.1. The number of nitrogens with zero attached hydrogens (tertiary/aromatic N) is 6. The van der Waals surface area contributed by atoms with E-state index < -0.39 is 17.6 Å². The van der Waals surface area contributed by atoms with Crippen molar-refractivity contribution in [2.75, 3.05) is 69.2 Å². The van der Waals surface area contributed by atoms with Gasteiger partial charge < -0.3 is 19.6 Å². The molecule has 32 heavy (non-hydrogen) atoms. The molecule has 0 N–H and O–H groups in total. The minimum atomic E-state index is -4.57. The number of carbonyl (C=O) groups is 1. The normalized spacial score (nSPS) is 18.2. The number of aryl methyl sites for hydroxylation is 1. The van der Waals surface area contributed by atoms with E-state index in [0.29, 0.717) is 32.1 Å². The molecular weight excluding hydrogens is 421 g/mol.